The summed E-state index contributed by atoms with van der Waals surface area (Å²) in [6, 6.07) is 6.00. The third-order valence-electron chi connectivity index (χ3n) is 6.01. The van der Waals surface area contributed by atoms with Gasteiger partial charge in [-0.1, -0.05) is 17.8 Å². The molecule has 4 rings (SSSR count). The number of nitrogens with zero attached hydrogens (tertiary/aromatic N) is 3. The van der Waals surface area contributed by atoms with E-state index in [9.17, 15) is 9.59 Å². The zero-order valence-corrected chi connectivity index (χ0v) is 19.8. The van der Waals surface area contributed by atoms with Gasteiger partial charge < -0.3 is 10.1 Å². The lowest BCUT2D eigenvalue weighted by atomic mass is 10.1. The maximum atomic E-state index is 12.8. The second-order valence-electron chi connectivity index (χ2n) is 8.65. The minimum atomic E-state index is -0.190. The molecule has 2 aromatic rings. The molecule has 8 heteroatoms. The summed E-state index contributed by atoms with van der Waals surface area (Å²) in [4.78, 5) is 32.1. The number of thioether (sulfide) groups is 1. The summed E-state index contributed by atoms with van der Waals surface area (Å²) in [5.74, 6) is 0.163. The highest BCUT2D eigenvalue weighted by Crippen LogP contribution is 2.29. The summed E-state index contributed by atoms with van der Waals surface area (Å²) >= 11 is 1.37. The van der Waals surface area contributed by atoms with Gasteiger partial charge in [0.05, 0.1) is 19.0 Å². The van der Waals surface area contributed by atoms with Crippen LogP contribution in [0.25, 0.3) is 0 Å². The van der Waals surface area contributed by atoms with Crippen LogP contribution in [-0.2, 0) is 28.9 Å². The molecular formula is C24H32N4O3S. The van der Waals surface area contributed by atoms with E-state index in [4.69, 9.17) is 4.74 Å². The smallest absolute Gasteiger partial charge is 0.348 e. The summed E-state index contributed by atoms with van der Waals surface area (Å²) < 4.78 is 7.27. The molecule has 0 radical (unpaired) electrons. The van der Waals surface area contributed by atoms with Crippen LogP contribution in [0.4, 0.5) is 5.69 Å². The Balaban J connectivity index is 1.38. The lowest BCUT2D eigenvalue weighted by Gasteiger charge is -2.26. The highest BCUT2D eigenvalue weighted by Gasteiger charge is 2.22. The first-order valence-corrected chi connectivity index (χ1v) is 12.4. The predicted molar refractivity (Wildman–Crippen MR) is 128 cm³/mol. The number of carbonyl (C=O) groups is 1. The summed E-state index contributed by atoms with van der Waals surface area (Å²) in [6.07, 6.45) is 3.80. The average Bonchev–Trinajstić information content (AvgIpc) is 3.24. The van der Waals surface area contributed by atoms with E-state index in [1.54, 1.807) is 0 Å². The van der Waals surface area contributed by atoms with Crippen molar-refractivity contribution in [2.24, 2.45) is 0 Å². The van der Waals surface area contributed by atoms with Crippen molar-refractivity contribution in [2.75, 3.05) is 43.9 Å². The van der Waals surface area contributed by atoms with E-state index < -0.39 is 0 Å². The zero-order valence-electron chi connectivity index (χ0n) is 19.0. The van der Waals surface area contributed by atoms with Crippen molar-refractivity contribution >= 4 is 23.4 Å². The topological polar surface area (TPSA) is 76.5 Å². The molecule has 1 aliphatic heterocycles. The van der Waals surface area contributed by atoms with E-state index in [1.165, 1.54) is 11.8 Å². The fourth-order valence-electron chi connectivity index (χ4n) is 4.59. The van der Waals surface area contributed by atoms with E-state index in [0.29, 0.717) is 6.54 Å². The second-order valence-corrected chi connectivity index (χ2v) is 9.61. The highest BCUT2D eigenvalue weighted by atomic mass is 32.2. The standard InChI is InChI=1S/C24H32N4O3S/c1-17-13-18(2)15-19(14-17)25-22(29)16-32-23-20-5-3-6-21(20)28(24(30)26-23)8-4-7-27-9-11-31-12-10-27/h13-15H,3-12,16H2,1-2H3,(H,25,29). The van der Waals surface area contributed by atoms with Crippen molar-refractivity contribution in [3.63, 3.8) is 0 Å². The maximum absolute atomic E-state index is 12.8. The fourth-order valence-corrected chi connectivity index (χ4v) is 5.47. The first-order valence-electron chi connectivity index (χ1n) is 11.4. The van der Waals surface area contributed by atoms with Crippen LogP contribution < -0.4 is 11.0 Å². The van der Waals surface area contributed by atoms with Gasteiger partial charge in [-0.25, -0.2) is 4.79 Å². The van der Waals surface area contributed by atoms with Gasteiger partial charge in [-0.05, 0) is 62.8 Å². The largest absolute Gasteiger partial charge is 0.379 e. The zero-order chi connectivity index (χ0) is 22.5. The molecule has 7 nitrogen and oxygen atoms in total. The third-order valence-corrected chi connectivity index (χ3v) is 7.02. The van der Waals surface area contributed by atoms with Gasteiger partial charge >= 0.3 is 5.69 Å². The molecular weight excluding hydrogens is 424 g/mol. The van der Waals surface area contributed by atoms with Gasteiger partial charge in [0.2, 0.25) is 5.91 Å². The number of anilines is 1. The molecule has 1 aliphatic carbocycles. The highest BCUT2D eigenvalue weighted by molar-refractivity contribution is 8.00. The van der Waals surface area contributed by atoms with Crippen LogP contribution in [-0.4, -0.2) is 59.0 Å². The van der Waals surface area contributed by atoms with Gasteiger partial charge in [0.25, 0.3) is 0 Å². The first kappa shape index (κ1) is 23.0. The molecule has 172 valence electrons. The minimum absolute atomic E-state index is 0.0803. The lowest BCUT2D eigenvalue weighted by molar-refractivity contribution is -0.113. The van der Waals surface area contributed by atoms with Crippen LogP contribution in [0.5, 0.6) is 0 Å². The maximum Gasteiger partial charge on any atom is 0.348 e. The fraction of sp³-hybridized carbons (Fsp3) is 0.542. The van der Waals surface area contributed by atoms with Gasteiger partial charge in [0, 0.05) is 43.1 Å². The summed E-state index contributed by atoms with van der Waals surface area (Å²) in [5.41, 5.74) is 5.12. The number of carbonyl (C=O) groups excluding carboxylic acids is 1. The summed E-state index contributed by atoms with van der Waals surface area (Å²) in [7, 11) is 0. The van der Waals surface area contributed by atoms with Crippen LogP contribution >= 0.6 is 11.8 Å². The molecule has 0 saturated carbocycles. The molecule has 1 N–H and O–H groups in total. The Morgan fingerprint density at radius 3 is 2.62 bits per heavy atom. The van der Waals surface area contributed by atoms with E-state index in [0.717, 1.165) is 91.6 Å². The Labute approximate surface area is 193 Å². The van der Waals surface area contributed by atoms with Crippen LogP contribution in [0.15, 0.2) is 28.0 Å². The summed E-state index contributed by atoms with van der Waals surface area (Å²) in [6.45, 7) is 9.21. The van der Waals surface area contributed by atoms with Crippen molar-refractivity contribution in [3.05, 3.63) is 51.1 Å². The van der Waals surface area contributed by atoms with Crippen molar-refractivity contribution in [3.8, 4) is 0 Å². The Bertz CT molecular complexity index is 1010. The molecule has 2 heterocycles. The van der Waals surface area contributed by atoms with Gasteiger partial charge in [0.15, 0.2) is 0 Å². The lowest BCUT2D eigenvalue weighted by Crippen LogP contribution is -2.37. The molecule has 1 amide bonds. The minimum Gasteiger partial charge on any atom is -0.379 e. The number of ether oxygens (including phenoxy) is 1. The second kappa shape index (κ2) is 10.6. The summed E-state index contributed by atoms with van der Waals surface area (Å²) in [5, 5.41) is 3.69. The number of aromatic nitrogens is 2. The first-order chi connectivity index (χ1) is 15.5. The normalized spacial score (nSPS) is 16.2. The van der Waals surface area contributed by atoms with Crippen LogP contribution in [0.2, 0.25) is 0 Å². The Morgan fingerprint density at radius 1 is 1.12 bits per heavy atom. The quantitative estimate of drug-likeness (QED) is 0.486. The number of benzene rings is 1. The molecule has 32 heavy (non-hydrogen) atoms. The van der Waals surface area contributed by atoms with Gasteiger partial charge in [-0.15, -0.1) is 0 Å². The SMILES string of the molecule is Cc1cc(C)cc(NC(=O)CSc2nc(=O)n(CCCN3CCOCC3)c3c2CCC3)c1. The van der Waals surface area contributed by atoms with Crippen LogP contribution in [0.3, 0.4) is 0 Å². The number of aryl methyl sites for hydroxylation is 2. The number of nitrogens with one attached hydrogen (secondary N) is 1. The monoisotopic (exact) mass is 456 g/mol. The Hall–Kier alpha value is -2.16. The molecule has 1 aromatic heterocycles. The molecule has 0 bridgehead atoms. The van der Waals surface area contributed by atoms with Crippen LogP contribution in [0.1, 0.15) is 35.2 Å². The van der Waals surface area contributed by atoms with Crippen LogP contribution in [0, 0.1) is 13.8 Å². The van der Waals surface area contributed by atoms with E-state index in [2.05, 4.69) is 21.3 Å². The number of fused-ring (bicyclic) bond motifs is 1. The van der Waals surface area contributed by atoms with Gasteiger partial charge in [-0.3, -0.25) is 14.3 Å². The molecule has 1 saturated heterocycles. The molecule has 2 aliphatic rings. The van der Waals surface area contributed by atoms with E-state index in [1.807, 2.05) is 30.5 Å². The number of hydrogen-bond donors (Lipinski definition) is 1. The molecule has 1 fully saturated rings. The van der Waals surface area contributed by atoms with Crippen molar-refractivity contribution in [1.29, 1.82) is 0 Å². The average molecular weight is 457 g/mol. The van der Waals surface area contributed by atoms with Crippen molar-refractivity contribution < 1.29 is 9.53 Å². The Kier molecular flexibility index (Phi) is 7.65. The Morgan fingerprint density at radius 2 is 1.88 bits per heavy atom. The van der Waals surface area contributed by atoms with E-state index in [-0.39, 0.29) is 17.3 Å². The third kappa shape index (κ3) is 5.79. The number of hydrogen-bond acceptors (Lipinski definition) is 6. The van der Waals surface area contributed by atoms with E-state index >= 15 is 0 Å². The van der Waals surface area contributed by atoms with Crippen molar-refractivity contribution in [1.82, 2.24) is 14.5 Å². The molecule has 0 unspecified atom stereocenters. The number of amides is 1. The molecule has 0 spiro atoms. The van der Waals surface area contributed by atoms with Gasteiger partial charge in [0.1, 0.15) is 5.03 Å². The molecule has 0 atom stereocenters. The number of morpholine rings is 1. The van der Waals surface area contributed by atoms with Gasteiger partial charge in [-0.2, -0.15) is 4.98 Å². The predicted octanol–water partition coefficient (Wildman–Crippen LogP) is 2.80. The number of rotatable bonds is 8. The molecule has 1 aromatic carbocycles. The van der Waals surface area contributed by atoms with Crippen molar-refractivity contribution in [2.45, 2.75) is 51.1 Å².